The number of ether oxygens (including phenoxy) is 1. The van der Waals surface area contributed by atoms with Gasteiger partial charge in [0.15, 0.2) is 0 Å². The minimum Gasteiger partial charge on any atom is -0.496 e. The lowest BCUT2D eigenvalue weighted by molar-refractivity contribution is 0.0923. The number of para-hydroxylation sites is 1. The SMILES string of the molecule is COc1ccccc1C(CNC(=O)c1ccc(-n2nccc2C)cc1)N1CCCCC1. The molecule has 1 amide bonds. The lowest BCUT2D eigenvalue weighted by atomic mass is 10.0. The molecule has 1 unspecified atom stereocenters. The Balaban J connectivity index is 1.48. The van der Waals surface area contributed by atoms with E-state index < -0.39 is 0 Å². The molecule has 31 heavy (non-hydrogen) atoms. The standard InChI is InChI=1S/C25H30N4O2/c1-19-14-15-27-29(19)21-12-10-20(11-13-21)25(30)26-18-23(28-16-6-3-7-17-28)22-8-4-5-9-24(22)31-2/h4-5,8-15,23H,3,6-7,16-18H2,1-2H3,(H,26,30). The number of hydrogen-bond donors (Lipinski definition) is 1. The van der Waals surface area contributed by atoms with Crippen molar-refractivity contribution in [3.8, 4) is 11.4 Å². The van der Waals surface area contributed by atoms with Crippen LogP contribution in [0.25, 0.3) is 5.69 Å². The molecule has 2 aromatic carbocycles. The van der Waals surface area contributed by atoms with Gasteiger partial charge < -0.3 is 10.1 Å². The van der Waals surface area contributed by atoms with Crippen LogP contribution in [0.1, 0.15) is 46.9 Å². The average molecular weight is 419 g/mol. The summed E-state index contributed by atoms with van der Waals surface area (Å²) < 4.78 is 7.48. The molecule has 1 aliphatic heterocycles. The van der Waals surface area contributed by atoms with Gasteiger partial charge in [-0.15, -0.1) is 0 Å². The van der Waals surface area contributed by atoms with Crippen molar-refractivity contribution in [2.75, 3.05) is 26.7 Å². The molecule has 0 spiro atoms. The summed E-state index contributed by atoms with van der Waals surface area (Å²) >= 11 is 0. The fourth-order valence-corrected chi connectivity index (χ4v) is 4.29. The molecule has 0 radical (unpaired) electrons. The Bertz CT molecular complexity index is 1010. The van der Waals surface area contributed by atoms with Crippen LogP contribution in [-0.4, -0.2) is 47.3 Å². The lowest BCUT2D eigenvalue weighted by Crippen LogP contribution is -2.40. The highest BCUT2D eigenvalue weighted by atomic mass is 16.5. The number of benzene rings is 2. The molecular weight excluding hydrogens is 388 g/mol. The van der Waals surface area contributed by atoms with Crippen LogP contribution in [0, 0.1) is 6.92 Å². The maximum Gasteiger partial charge on any atom is 0.251 e. The summed E-state index contributed by atoms with van der Waals surface area (Å²) in [6.07, 6.45) is 5.42. The van der Waals surface area contributed by atoms with Gasteiger partial charge >= 0.3 is 0 Å². The molecule has 4 rings (SSSR count). The van der Waals surface area contributed by atoms with Crippen molar-refractivity contribution < 1.29 is 9.53 Å². The van der Waals surface area contributed by atoms with Gasteiger partial charge in [0.25, 0.3) is 5.91 Å². The first-order chi connectivity index (χ1) is 15.2. The van der Waals surface area contributed by atoms with E-state index in [1.165, 1.54) is 19.3 Å². The minimum absolute atomic E-state index is 0.0688. The van der Waals surface area contributed by atoms with Crippen LogP contribution < -0.4 is 10.1 Å². The third-order valence-electron chi connectivity index (χ3n) is 5.99. The van der Waals surface area contributed by atoms with Gasteiger partial charge in [0.05, 0.1) is 18.8 Å². The molecule has 1 atom stereocenters. The van der Waals surface area contributed by atoms with E-state index in [0.29, 0.717) is 12.1 Å². The molecule has 0 saturated carbocycles. The summed E-state index contributed by atoms with van der Waals surface area (Å²) in [5, 5.41) is 7.47. The van der Waals surface area contributed by atoms with E-state index in [9.17, 15) is 4.79 Å². The molecule has 3 aromatic rings. The third kappa shape index (κ3) is 4.80. The summed E-state index contributed by atoms with van der Waals surface area (Å²) in [5.74, 6) is 0.798. The van der Waals surface area contributed by atoms with Crippen LogP contribution in [0.15, 0.2) is 60.8 Å². The summed E-state index contributed by atoms with van der Waals surface area (Å²) in [4.78, 5) is 15.4. The van der Waals surface area contributed by atoms with Crippen molar-refractivity contribution in [3.63, 3.8) is 0 Å². The summed E-state index contributed by atoms with van der Waals surface area (Å²) in [5.41, 5.74) is 3.76. The van der Waals surface area contributed by atoms with Crippen molar-refractivity contribution in [1.82, 2.24) is 20.0 Å². The molecule has 1 aromatic heterocycles. The van der Waals surface area contributed by atoms with E-state index in [1.807, 2.05) is 60.1 Å². The zero-order valence-electron chi connectivity index (χ0n) is 18.3. The number of nitrogens with zero attached hydrogens (tertiary/aromatic N) is 3. The van der Waals surface area contributed by atoms with Crippen LogP contribution in [0.3, 0.4) is 0 Å². The molecule has 6 nitrogen and oxygen atoms in total. The monoisotopic (exact) mass is 418 g/mol. The van der Waals surface area contributed by atoms with Crippen molar-refractivity contribution in [2.24, 2.45) is 0 Å². The van der Waals surface area contributed by atoms with Crippen molar-refractivity contribution in [3.05, 3.63) is 77.6 Å². The molecule has 1 aliphatic rings. The number of likely N-dealkylation sites (tertiary alicyclic amines) is 1. The number of piperidine rings is 1. The quantitative estimate of drug-likeness (QED) is 0.626. The number of carbonyl (C=O) groups excluding carboxylic acids is 1. The number of nitrogens with one attached hydrogen (secondary N) is 1. The maximum atomic E-state index is 12.9. The summed E-state index contributed by atoms with van der Waals surface area (Å²) in [6, 6.07) is 17.7. The van der Waals surface area contributed by atoms with Crippen LogP contribution >= 0.6 is 0 Å². The van der Waals surface area contributed by atoms with Gasteiger partial charge in [-0.3, -0.25) is 9.69 Å². The van der Waals surface area contributed by atoms with E-state index >= 15 is 0 Å². The molecule has 1 fully saturated rings. The van der Waals surface area contributed by atoms with Crippen molar-refractivity contribution in [2.45, 2.75) is 32.2 Å². The van der Waals surface area contributed by atoms with Gasteiger partial charge in [0, 0.05) is 29.6 Å². The second-order valence-corrected chi connectivity index (χ2v) is 8.00. The first-order valence-electron chi connectivity index (χ1n) is 10.9. The second kappa shape index (κ2) is 9.79. The Hall–Kier alpha value is -3.12. The van der Waals surface area contributed by atoms with Crippen molar-refractivity contribution >= 4 is 5.91 Å². The van der Waals surface area contributed by atoms with E-state index in [4.69, 9.17) is 4.74 Å². The van der Waals surface area contributed by atoms with Gasteiger partial charge in [0.2, 0.25) is 0 Å². The Morgan fingerprint density at radius 3 is 2.48 bits per heavy atom. The highest BCUT2D eigenvalue weighted by Gasteiger charge is 2.25. The van der Waals surface area contributed by atoms with Gasteiger partial charge in [-0.1, -0.05) is 24.6 Å². The second-order valence-electron chi connectivity index (χ2n) is 8.00. The van der Waals surface area contributed by atoms with Crippen LogP contribution in [0.4, 0.5) is 0 Å². The van der Waals surface area contributed by atoms with Gasteiger partial charge in [-0.05, 0) is 69.3 Å². The van der Waals surface area contributed by atoms with E-state index in [2.05, 4.69) is 21.4 Å². The smallest absolute Gasteiger partial charge is 0.251 e. The fourth-order valence-electron chi connectivity index (χ4n) is 4.29. The van der Waals surface area contributed by atoms with Crippen LogP contribution in [-0.2, 0) is 0 Å². The van der Waals surface area contributed by atoms with Crippen molar-refractivity contribution in [1.29, 1.82) is 0 Å². The van der Waals surface area contributed by atoms with E-state index in [-0.39, 0.29) is 11.9 Å². The predicted molar refractivity (Wildman–Crippen MR) is 122 cm³/mol. The normalized spacial score (nSPS) is 15.4. The highest BCUT2D eigenvalue weighted by molar-refractivity contribution is 5.94. The van der Waals surface area contributed by atoms with Gasteiger partial charge in [-0.25, -0.2) is 4.68 Å². The van der Waals surface area contributed by atoms with Crippen LogP contribution in [0.5, 0.6) is 5.75 Å². The first kappa shape index (κ1) is 21.1. The maximum absolute atomic E-state index is 12.9. The molecule has 162 valence electrons. The number of aryl methyl sites for hydroxylation is 1. The molecule has 1 saturated heterocycles. The molecular formula is C25H30N4O2. The number of amides is 1. The largest absolute Gasteiger partial charge is 0.496 e. The van der Waals surface area contributed by atoms with Gasteiger partial charge in [0.1, 0.15) is 5.75 Å². The molecule has 0 bridgehead atoms. The minimum atomic E-state index is -0.0688. The topological polar surface area (TPSA) is 59.4 Å². The zero-order chi connectivity index (χ0) is 21.6. The highest BCUT2D eigenvalue weighted by Crippen LogP contribution is 2.31. The third-order valence-corrected chi connectivity index (χ3v) is 5.99. The average Bonchev–Trinajstić information content (AvgIpc) is 3.26. The Morgan fingerprint density at radius 2 is 1.81 bits per heavy atom. The Labute approximate surface area is 183 Å². The number of rotatable bonds is 7. The summed E-state index contributed by atoms with van der Waals surface area (Å²) in [7, 11) is 1.70. The number of carbonyl (C=O) groups is 1. The molecule has 1 N–H and O–H groups in total. The predicted octanol–water partition coefficient (Wildman–Crippen LogP) is 4.15. The lowest BCUT2D eigenvalue weighted by Gasteiger charge is -2.35. The number of hydrogen-bond acceptors (Lipinski definition) is 4. The van der Waals surface area contributed by atoms with Gasteiger partial charge in [-0.2, -0.15) is 5.10 Å². The Morgan fingerprint density at radius 1 is 1.06 bits per heavy atom. The number of aromatic nitrogens is 2. The van der Waals surface area contributed by atoms with E-state index in [1.54, 1.807) is 13.3 Å². The molecule has 0 aliphatic carbocycles. The Kier molecular flexibility index (Phi) is 6.67. The fraction of sp³-hybridized carbons (Fsp3) is 0.360. The van der Waals surface area contributed by atoms with E-state index in [0.717, 1.165) is 35.8 Å². The molecule has 6 heteroatoms. The van der Waals surface area contributed by atoms with Crippen LogP contribution in [0.2, 0.25) is 0 Å². The first-order valence-corrected chi connectivity index (χ1v) is 10.9. The number of methoxy groups -OCH3 is 1. The zero-order valence-corrected chi connectivity index (χ0v) is 18.3. The molecule has 2 heterocycles. The summed E-state index contributed by atoms with van der Waals surface area (Å²) in [6.45, 7) is 4.62.